The predicted octanol–water partition coefficient (Wildman–Crippen LogP) is 0.397. The topological polar surface area (TPSA) is 71.0 Å². The molecule has 0 fully saturated rings. The van der Waals surface area contributed by atoms with Gasteiger partial charge in [0.1, 0.15) is 0 Å². The molecule has 0 amide bonds. The highest BCUT2D eigenvalue weighted by atomic mass is 16.5. The van der Waals surface area contributed by atoms with Gasteiger partial charge in [0, 0.05) is 20.2 Å². The molecule has 2 unspecified atom stereocenters. The molecular weight excluding hydrogens is 234 g/mol. The van der Waals surface area contributed by atoms with Crippen LogP contribution in [-0.4, -0.2) is 62.4 Å². The molecule has 0 aliphatic heterocycles. The lowest BCUT2D eigenvalue weighted by molar-refractivity contribution is 0.0118. The van der Waals surface area contributed by atoms with Crippen LogP contribution >= 0.6 is 0 Å². The molecule has 0 aliphatic carbocycles. The average molecular weight is 263 g/mol. The van der Waals surface area contributed by atoms with Crippen LogP contribution in [0, 0.1) is 5.92 Å². The molecule has 110 valence electrons. The van der Waals surface area contributed by atoms with Crippen molar-refractivity contribution in [3.63, 3.8) is 0 Å². The van der Waals surface area contributed by atoms with Crippen molar-refractivity contribution in [1.29, 1.82) is 0 Å². The Balaban J connectivity index is 3.51. The second-order valence-electron chi connectivity index (χ2n) is 4.52. The monoisotopic (exact) mass is 263 g/mol. The summed E-state index contributed by atoms with van der Waals surface area (Å²) in [6, 6.07) is 0. The van der Waals surface area contributed by atoms with Crippen LogP contribution in [0.4, 0.5) is 0 Å². The van der Waals surface area contributed by atoms with Crippen LogP contribution in [0.5, 0.6) is 0 Å². The molecule has 0 aromatic rings. The van der Waals surface area contributed by atoms with Crippen molar-refractivity contribution in [3.05, 3.63) is 0 Å². The minimum atomic E-state index is -0.546. The molecule has 0 saturated carbocycles. The number of aliphatic hydroxyl groups is 2. The van der Waals surface area contributed by atoms with E-state index in [9.17, 15) is 10.2 Å². The van der Waals surface area contributed by atoms with E-state index in [0.29, 0.717) is 32.2 Å². The van der Waals surface area contributed by atoms with Gasteiger partial charge in [0.2, 0.25) is 0 Å². The van der Waals surface area contributed by atoms with Crippen LogP contribution in [0.1, 0.15) is 26.7 Å². The van der Waals surface area contributed by atoms with Crippen molar-refractivity contribution in [2.45, 2.75) is 38.9 Å². The first-order valence-electron chi connectivity index (χ1n) is 6.79. The molecule has 3 N–H and O–H groups in total. The lowest BCUT2D eigenvalue weighted by Crippen LogP contribution is -2.38. The van der Waals surface area contributed by atoms with E-state index in [-0.39, 0.29) is 12.7 Å². The Morgan fingerprint density at radius 3 is 2.28 bits per heavy atom. The Kier molecular flexibility index (Phi) is 11.7. The van der Waals surface area contributed by atoms with Gasteiger partial charge in [0.05, 0.1) is 32.0 Å². The second-order valence-corrected chi connectivity index (χ2v) is 4.52. The third kappa shape index (κ3) is 8.83. The molecule has 0 radical (unpaired) electrons. The average Bonchev–Trinajstić information content (AvgIpc) is 2.36. The maximum Gasteiger partial charge on any atom is 0.0897 e. The molecule has 0 bridgehead atoms. The van der Waals surface area contributed by atoms with E-state index in [1.54, 1.807) is 7.11 Å². The van der Waals surface area contributed by atoms with Gasteiger partial charge in [-0.15, -0.1) is 0 Å². The summed E-state index contributed by atoms with van der Waals surface area (Å²) in [5.74, 6) is 0.326. The predicted molar refractivity (Wildman–Crippen MR) is 71.7 cm³/mol. The van der Waals surface area contributed by atoms with E-state index < -0.39 is 6.10 Å². The molecule has 5 heteroatoms. The van der Waals surface area contributed by atoms with Crippen LogP contribution in [0.15, 0.2) is 0 Å². The second kappa shape index (κ2) is 11.9. The van der Waals surface area contributed by atoms with Crippen molar-refractivity contribution in [3.8, 4) is 0 Å². The zero-order chi connectivity index (χ0) is 13.8. The minimum absolute atomic E-state index is 0.289. The Bertz CT molecular complexity index is 176. The number of methoxy groups -OCH3 is 1. The van der Waals surface area contributed by atoms with Gasteiger partial charge in [-0.05, 0) is 5.92 Å². The quantitative estimate of drug-likeness (QED) is 0.445. The summed E-state index contributed by atoms with van der Waals surface area (Å²) in [5.41, 5.74) is 0. The van der Waals surface area contributed by atoms with Gasteiger partial charge >= 0.3 is 0 Å². The zero-order valence-electron chi connectivity index (χ0n) is 11.9. The van der Waals surface area contributed by atoms with Crippen LogP contribution in [-0.2, 0) is 9.47 Å². The Labute approximate surface area is 110 Å². The highest BCUT2D eigenvalue weighted by Crippen LogP contribution is 2.12. The molecule has 0 aromatic heterocycles. The fraction of sp³-hybridized carbons (Fsp3) is 1.00. The maximum absolute atomic E-state index is 9.88. The van der Waals surface area contributed by atoms with Crippen LogP contribution in [0.3, 0.4) is 0 Å². The molecule has 18 heavy (non-hydrogen) atoms. The first-order valence-corrected chi connectivity index (χ1v) is 6.79. The van der Waals surface area contributed by atoms with Crippen LogP contribution < -0.4 is 5.32 Å². The Hall–Kier alpha value is -0.200. The van der Waals surface area contributed by atoms with E-state index in [1.165, 1.54) is 0 Å². The minimum Gasteiger partial charge on any atom is -0.392 e. The van der Waals surface area contributed by atoms with Gasteiger partial charge in [-0.2, -0.15) is 0 Å². The summed E-state index contributed by atoms with van der Waals surface area (Å²) >= 11 is 0. The van der Waals surface area contributed by atoms with Gasteiger partial charge < -0.3 is 25.0 Å². The van der Waals surface area contributed by atoms with Crippen molar-refractivity contribution < 1.29 is 19.7 Å². The van der Waals surface area contributed by atoms with E-state index in [2.05, 4.69) is 19.2 Å². The summed E-state index contributed by atoms with van der Waals surface area (Å²) in [4.78, 5) is 0. The number of hydrogen-bond acceptors (Lipinski definition) is 5. The fourth-order valence-electron chi connectivity index (χ4n) is 1.82. The summed E-state index contributed by atoms with van der Waals surface area (Å²) in [7, 11) is 1.61. The van der Waals surface area contributed by atoms with E-state index in [0.717, 1.165) is 12.8 Å². The molecule has 0 saturated heterocycles. The first-order chi connectivity index (χ1) is 8.65. The molecule has 0 aromatic carbocycles. The Morgan fingerprint density at radius 2 is 1.72 bits per heavy atom. The largest absolute Gasteiger partial charge is 0.392 e. The zero-order valence-corrected chi connectivity index (χ0v) is 11.9. The molecule has 0 heterocycles. The molecule has 0 rings (SSSR count). The SMILES string of the molecule is CCC(CC)C(O)CNCC(O)COCCOC. The number of rotatable bonds is 12. The summed E-state index contributed by atoms with van der Waals surface area (Å²) < 4.78 is 10.0. The summed E-state index contributed by atoms with van der Waals surface area (Å²) in [6.45, 7) is 6.42. The normalized spacial score (nSPS) is 15.0. The van der Waals surface area contributed by atoms with Crippen molar-refractivity contribution in [2.24, 2.45) is 5.92 Å². The van der Waals surface area contributed by atoms with Gasteiger partial charge in [-0.25, -0.2) is 0 Å². The van der Waals surface area contributed by atoms with Crippen molar-refractivity contribution in [1.82, 2.24) is 5.32 Å². The number of nitrogens with one attached hydrogen (secondary N) is 1. The third-order valence-corrected chi connectivity index (χ3v) is 3.07. The van der Waals surface area contributed by atoms with E-state index in [4.69, 9.17) is 9.47 Å². The smallest absolute Gasteiger partial charge is 0.0897 e. The van der Waals surface area contributed by atoms with Crippen LogP contribution in [0.2, 0.25) is 0 Å². The summed E-state index contributed by atoms with van der Waals surface area (Å²) in [6.07, 6.45) is 1.06. The van der Waals surface area contributed by atoms with Crippen molar-refractivity contribution >= 4 is 0 Å². The van der Waals surface area contributed by atoms with Gasteiger partial charge in [-0.1, -0.05) is 26.7 Å². The molecule has 2 atom stereocenters. The number of aliphatic hydroxyl groups excluding tert-OH is 2. The lowest BCUT2D eigenvalue weighted by atomic mass is 9.96. The van der Waals surface area contributed by atoms with E-state index >= 15 is 0 Å². The molecule has 0 spiro atoms. The Morgan fingerprint density at radius 1 is 1.06 bits per heavy atom. The van der Waals surface area contributed by atoms with Gasteiger partial charge in [0.25, 0.3) is 0 Å². The summed E-state index contributed by atoms with van der Waals surface area (Å²) in [5, 5.41) is 22.5. The van der Waals surface area contributed by atoms with Crippen LogP contribution in [0.25, 0.3) is 0 Å². The highest BCUT2D eigenvalue weighted by molar-refractivity contribution is 4.70. The standard InChI is InChI=1S/C13H29NO4/c1-4-11(5-2)13(16)9-14-8-12(15)10-18-7-6-17-3/h11-16H,4-10H2,1-3H3. The third-order valence-electron chi connectivity index (χ3n) is 3.07. The lowest BCUT2D eigenvalue weighted by Gasteiger charge is -2.21. The number of hydrogen-bond donors (Lipinski definition) is 3. The maximum atomic E-state index is 9.88. The first kappa shape index (κ1) is 17.8. The fourth-order valence-corrected chi connectivity index (χ4v) is 1.82. The van der Waals surface area contributed by atoms with Gasteiger partial charge in [-0.3, -0.25) is 0 Å². The highest BCUT2D eigenvalue weighted by Gasteiger charge is 2.15. The number of ether oxygens (including phenoxy) is 2. The molecular formula is C13H29NO4. The van der Waals surface area contributed by atoms with E-state index in [1.807, 2.05) is 0 Å². The molecule has 5 nitrogen and oxygen atoms in total. The van der Waals surface area contributed by atoms with Gasteiger partial charge in [0.15, 0.2) is 0 Å². The van der Waals surface area contributed by atoms with Crippen molar-refractivity contribution in [2.75, 3.05) is 40.0 Å². The molecule has 0 aliphatic rings.